The van der Waals surface area contributed by atoms with Gasteiger partial charge in [0, 0.05) is 11.6 Å². The molecule has 2 aromatic carbocycles. The van der Waals surface area contributed by atoms with Gasteiger partial charge in [0.2, 0.25) is 5.82 Å². The molecule has 122 valence electrons. The number of hydrogen-bond acceptors (Lipinski definition) is 6. The van der Waals surface area contributed by atoms with Crippen LogP contribution in [0.15, 0.2) is 47.0 Å². The Labute approximate surface area is 138 Å². The first-order chi connectivity index (χ1) is 11.5. The Bertz CT molecular complexity index is 872. The zero-order valence-electron chi connectivity index (χ0n) is 13.2. The molecule has 1 aromatic heterocycles. The number of hydrogen-bond donors (Lipinski definition) is 0. The molecule has 0 aliphatic carbocycles. The number of aryl methyl sites for hydroxylation is 2. The Morgan fingerprint density at radius 1 is 1.12 bits per heavy atom. The van der Waals surface area contributed by atoms with Crippen LogP contribution < -0.4 is 4.74 Å². The molecule has 0 saturated heterocycles. The van der Waals surface area contributed by atoms with Crippen molar-refractivity contribution in [3.8, 4) is 17.1 Å². The van der Waals surface area contributed by atoms with E-state index in [1.54, 1.807) is 12.1 Å². The number of benzene rings is 2. The maximum atomic E-state index is 11.0. The van der Waals surface area contributed by atoms with Gasteiger partial charge in [0.15, 0.2) is 12.4 Å². The lowest BCUT2D eigenvalue weighted by Crippen LogP contribution is -2.00. The number of nitro groups is 1. The van der Waals surface area contributed by atoms with Crippen molar-refractivity contribution in [2.45, 2.75) is 20.5 Å². The van der Waals surface area contributed by atoms with E-state index in [2.05, 4.69) is 10.1 Å². The molecule has 1 heterocycles. The maximum absolute atomic E-state index is 11.0. The monoisotopic (exact) mass is 325 g/mol. The molecule has 0 aliphatic rings. The van der Waals surface area contributed by atoms with Gasteiger partial charge >= 0.3 is 5.69 Å². The summed E-state index contributed by atoms with van der Waals surface area (Å²) >= 11 is 0. The predicted molar refractivity (Wildman–Crippen MR) is 86.6 cm³/mol. The second-order valence-corrected chi connectivity index (χ2v) is 5.39. The SMILES string of the molecule is Cc1ccc(-c2noc(COc3cc(C)ccc3[N+](=O)[O-])n2)cc1. The van der Waals surface area contributed by atoms with Crippen LogP contribution in [0.25, 0.3) is 11.4 Å². The van der Waals surface area contributed by atoms with Crippen molar-refractivity contribution >= 4 is 5.69 Å². The molecule has 0 saturated carbocycles. The predicted octanol–water partition coefficient (Wildman–Crippen LogP) is 3.84. The van der Waals surface area contributed by atoms with Gasteiger partial charge in [-0.3, -0.25) is 10.1 Å². The summed E-state index contributed by atoms with van der Waals surface area (Å²) in [5.41, 5.74) is 2.73. The number of ether oxygens (including phenoxy) is 1. The van der Waals surface area contributed by atoms with Crippen LogP contribution in [0.5, 0.6) is 5.75 Å². The van der Waals surface area contributed by atoms with E-state index >= 15 is 0 Å². The van der Waals surface area contributed by atoms with Crippen LogP contribution in [0, 0.1) is 24.0 Å². The van der Waals surface area contributed by atoms with Crippen LogP contribution >= 0.6 is 0 Å². The van der Waals surface area contributed by atoms with Crippen LogP contribution in [0.3, 0.4) is 0 Å². The quantitative estimate of drug-likeness (QED) is 0.523. The van der Waals surface area contributed by atoms with Gasteiger partial charge in [-0.15, -0.1) is 0 Å². The summed E-state index contributed by atoms with van der Waals surface area (Å²) in [6.07, 6.45) is 0. The van der Waals surface area contributed by atoms with Crippen molar-refractivity contribution in [3.05, 3.63) is 69.6 Å². The molecule has 0 aliphatic heterocycles. The first-order valence-corrected chi connectivity index (χ1v) is 7.30. The molecular formula is C17H15N3O4. The van der Waals surface area contributed by atoms with Crippen LogP contribution in [0.1, 0.15) is 17.0 Å². The van der Waals surface area contributed by atoms with Crippen molar-refractivity contribution in [2.75, 3.05) is 0 Å². The van der Waals surface area contributed by atoms with E-state index in [4.69, 9.17) is 9.26 Å². The van der Waals surface area contributed by atoms with E-state index in [0.29, 0.717) is 5.82 Å². The molecule has 0 unspecified atom stereocenters. The zero-order chi connectivity index (χ0) is 17.1. The summed E-state index contributed by atoms with van der Waals surface area (Å²) in [5.74, 6) is 0.879. The van der Waals surface area contributed by atoms with Gasteiger partial charge in [0.1, 0.15) is 0 Å². The highest BCUT2D eigenvalue weighted by molar-refractivity contribution is 5.54. The van der Waals surface area contributed by atoms with Gasteiger partial charge < -0.3 is 9.26 Å². The molecule has 3 rings (SSSR count). The lowest BCUT2D eigenvalue weighted by molar-refractivity contribution is -0.386. The highest BCUT2D eigenvalue weighted by Gasteiger charge is 2.16. The van der Waals surface area contributed by atoms with E-state index in [-0.39, 0.29) is 23.9 Å². The summed E-state index contributed by atoms with van der Waals surface area (Å²) in [4.78, 5) is 14.8. The standard InChI is InChI=1S/C17H15N3O4/c1-11-3-6-13(7-4-11)17-18-16(24-19-17)10-23-15-9-12(2)5-8-14(15)20(21)22/h3-9H,10H2,1-2H3. The van der Waals surface area contributed by atoms with Crippen molar-refractivity contribution in [1.82, 2.24) is 10.1 Å². The highest BCUT2D eigenvalue weighted by Crippen LogP contribution is 2.28. The van der Waals surface area contributed by atoms with Gasteiger partial charge in [-0.2, -0.15) is 4.98 Å². The fraction of sp³-hybridized carbons (Fsp3) is 0.176. The molecule has 0 amide bonds. The van der Waals surface area contributed by atoms with Crippen LogP contribution in [-0.2, 0) is 6.61 Å². The van der Waals surface area contributed by atoms with Crippen molar-refractivity contribution < 1.29 is 14.2 Å². The highest BCUT2D eigenvalue weighted by atomic mass is 16.6. The minimum Gasteiger partial charge on any atom is -0.477 e. The Hall–Kier alpha value is -3.22. The maximum Gasteiger partial charge on any atom is 0.310 e. The molecule has 0 radical (unpaired) electrons. The molecule has 24 heavy (non-hydrogen) atoms. The molecular weight excluding hydrogens is 310 g/mol. The van der Waals surface area contributed by atoms with E-state index in [9.17, 15) is 10.1 Å². The van der Waals surface area contributed by atoms with Gasteiger partial charge in [-0.25, -0.2) is 0 Å². The molecule has 7 nitrogen and oxygen atoms in total. The third-order valence-corrected chi connectivity index (χ3v) is 3.44. The number of nitrogens with zero attached hydrogens (tertiary/aromatic N) is 3. The first kappa shape index (κ1) is 15.7. The molecule has 0 atom stereocenters. The number of rotatable bonds is 5. The average Bonchev–Trinajstić information content (AvgIpc) is 3.02. The van der Waals surface area contributed by atoms with E-state index in [1.165, 1.54) is 6.07 Å². The van der Waals surface area contributed by atoms with E-state index in [1.807, 2.05) is 38.1 Å². The van der Waals surface area contributed by atoms with Gasteiger partial charge in [0.25, 0.3) is 5.89 Å². The fourth-order valence-corrected chi connectivity index (χ4v) is 2.16. The fourth-order valence-electron chi connectivity index (χ4n) is 2.16. The van der Waals surface area contributed by atoms with Crippen molar-refractivity contribution in [1.29, 1.82) is 0 Å². The first-order valence-electron chi connectivity index (χ1n) is 7.30. The summed E-state index contributed by atoms with van der Waals surface area (Å²) in [5, 5.41) is 14.9. The molecule has 7 heteroatoms. The van der Waals surface area contributed by atoms with E-state index in [0.717, 1.165) is 16.7 Å². The van der Waals surface area contributed by atoms with Gasteiger partial charge in [-0.1, -0.05) is 41.1 Å². The third-order valence-electron chi connectivity index (χ3n) is 3.44. The Balaban J connectivity index is 1.75. The zero-order valence-corrected chi connectivity index (χ0v) is 13.2. The minimum absolute atomic E-state index is 0.0385. The van der Waals surface area contributed by atoms with Gasteiger partial charge in [-0.05, 0) is 25.5 Å². The molecule has 0 bridgehead atoms. The molecule has 3 aromatic rings. The topological polar surface area (TPSA) is 91.3 Å². The van der Waals surface area contributed by atoms with Crippen molar-refractivity contribution in [2.24, 2.45) is 0 Å². The lowest BCUT2D eigenvalue weighted by atomic mass is 10.1. The average molecular weight is 325 g/mol. The largest absolute Gasteiger partial charge is 0.477 e. The summed E-state index contributed by atoms with van der Waals surface area (Å²) in [6, 6.07) is 12.4. The number of aromatic nitrogens is 2. The smallest absolute Gasteiger partial charge is 0.310 e. The third kappa shape index (κ3) is 3.40. The minimum atomic E-state index is -0.486. The lowest BCUT2D eigenvalue weighted by Gasteiger charge is -2.04. The second kappa shape index (κ2) is 6.49. The van der Waals surface area contributed by atoms with E-state index < -0.39 is 4.92 Å². The van der Waals surface area contributed by atoms with Crippen LogP contribution in [0.2, 0.25) is 0 Å². The summed E-state index contributed by atoms with van der Waals surface area (Å²) in [6.45, 7) is 3.79. The summed E-state index contributed by atoms with van der Waals surface area (Å²) in [7, 11) is 0. The molecule has 0 N–H and O–H groups in total. The number of nitro benzene ring substituents is 1. The van der Waals surface area contributed by atoms with Crippen LogP contribution in [-0.4, -0.2) is 15.1 Å². The second-order valence-electron chi connectivity index (χ2n) is 5.39. The Morgan fingerprint density at radius 3 is 2.54 bits per heavy atom. The molecule has 0 spiro atoms. The van der Waals surface area contributed by atoms with Gasteiger partial charge in [0.05, 0.1) is 4.92 Å². The Morgan fingerprint density at radius 2 is 1.83 bits per heavy atom. The molecule has 0 fully saturated rings. The van der Waals surface area contributed by atoms with Crippen LogP contribution in [0.4, 0.5) is 5.69 Å². The summed E-state index contributed by atoms with van der Waals surface area (Å²) < 4.78 is 10.6. The normalized spacial score (nSPS) is 10.6. The Kier molecular flexibility index (Phi) is 4.24. The van der Waals surface area contributed by atoms with Crippen molar-refractivity contribution in [3.63, 3.8) is 0 Å².